The largest absolute Gasteiger partial charge is 0.308 e. The van der Waals surface area contributed by atoms with Gasteiger partial charge in [0.15, 0.2) is 0 Å². The van der Waals surface area contributed by atoms with E-state index >= 15 is 0 Å². The lowest BCUT2D eigenvalue weighted by molar-refractivity contribution is -0.385. The molecule has 30 heavy (non-hydrogen) atoms. The molecule has 2 aromatic carbocycles. The minimum Gasteiger partial charge on any atom is -0.308 e. The molecule has 0 fully saturated rings. The highest BCUT2D eigenvalue weighted by molar-refractivity contribution is 7.22. The molecule has 0 bridgehead atoms. The Morgan fingerprint density at radius 2 is 1.90 bits per heavy atom. The van der Waals surface area contributed by atoms with E-state index in [-0.39, 0.29) is 17.1 Å². The summed E-state index contributed by atoms with van der Waals surface area (Å²) < 4.78 is 13.7. The van der Waals surface area contributed by atoms with Crippen LogP contribution in [0.15, 0.2) is 59.4 Å². The molecule has 0 saturated heterocycles. The summed E-state index contributed by atoms with van der Waals surface area (Å²) in [7, 11) is 1.80. The smallest absolute Gasteiger partial charge is 0.273 e. The molecule has 2 aromatic heterocycles. The number of aromatic nitrogens is 2. The van der Waals surface area contributed by atoms with Gasteiger partial charge in [0.1, 0.15) is 16.3 Å². The van der Waals surface area contributed by atoms with Crippen LogP contribution in [-0.4, -0.2) is 26.8 Å². The number of halogens is 1. The van der Waals surface area contributed by atoms with E-state index in [9.17, 15) is 19.3 Å². The summed E-state index contributed by atoms with van der Waals surface area (Å²) in [4.78, 5) is 33.3. The molecule has 7 nitrogen and oxygen atoms in total. The first kappa shape index (κ1) is 19.9. The Hall–Kier alpha value is -3.43. The third kappa shape index (κ3) is 4.12. The fourth-order valence-electron chi connectivity index (χ4n) is 3.24. The van der Waals surface area contributed by atoms with E-state index in [1.165, 1.54) is 29.5 Å². The fourth-order valence-corrected chi connectivity index (χ4v) is 4.24. The first-order valence-corrected chi connectivity index (χ1v) is 9.92. The van der Waals surface area contributed by atoms with E-state index in [1.807, 2.05) is 11.0 Å². The molecule has 1 N–H and O–H groups in total. The van der Waals surface area contributed by atoms with Crippen molar-refractivity contribution >= 4 is 27.2 Å². The van der Waals surface area contributed by atoms with Crippen molar-refractivity contribution in [2.24, 2.45) is 0 Å². The maximum absolute atomic E-state index is 13.2. The molecule has 2 heterocycles. The van der Waals surface area contributed by atoms with Gasteiger partial charge in [-0.3, -0.25) is 19.8 Å². The Kier molecular flexibility index (Phi) is 5.39. The van der Waals surface area contributed by atoms with Gasteiger partial charge in [-0.15, -0.1) is 11.3 Å². The Morgan fingerprint density at radius 3 is 2.63 bits per heavy atom. The van der Waals surface area contributed by atoms with Gasteiger partial charge in [-0.05, 0) is 30.8 Å². The second-order valence-corrected chi connectivity index (χ2v) is 7.95. The number of rotatable bonds is 6. The lowest BCUT2D eigenvalue weighted by Gasteiger charge is -2.16. The standard InChI is InChI=1S/C21H17FN4O3S/c1-25(11-14-4-2-3-5-17(14)26(28)29)12-19-23-16-10-18(30-20(16)21(27)24-19)13-6-8-15(22)9-7-13/h2-10H,11-12H2,1H3,(H,23,24,27). The number of fused-ring (bicyclic) bond motifs is 1. The molecule has 0 unspecified atom stereocenters. The van der Waals surface area contributed by atoms with Gasteiger partial charge in [-0.2, -0.15) is 0 Å². The summed E-state index contributed by atoms with van der Waals surface area (Å²) >= 11 is 1.30. The number of hydrogen-bond donors (Lipinski definition) is 1. The molecule has 0 aliphatic rings. The number of para-hydroxylation sites is 1. The van der Waals surface area contributed by atoms with Crippen LogP contribution in [0, 0.1) is 15.9 Å². The minimum atomic E-state index is -0.405. The van der Waals surface area contributed by atoms with E-state index in [0.29, 0.717) is 34.7 Å². The molecule has 0 atom stereocenters. The van der Waals surface area contributed by atoms with Crippen molar-refractivity contribution in [1.82, 2.24) is 14.9 Å². The van der Waals surface area contributed by atoms with Gasteiger partial charge in [0, 0.05) is 23.1 Å². The highest BCUT2D eigenvalue weighted by Gasteiger charge is 2.16. The SMILES string of the molecule is CN(Cc1nc2cc(-c3ccc(F)cc3)sc2c(=O)[nH]1)Cc1ccccc1[N+](=O)[O-]. The maximum Gasteiger partial charge on any atom is 0.273 e. The van der Waals surface area contributed by atoms with Gasteiger partial charge in [-0.25, -0.2) is 9.37 Å². The number of thiophene rings is 1. The molecule has 0 amide bonds. The predicted octanol–water partition coefficient (Wildman–Crippen LogP) is 4.33. The van der Waals surface area contributed by atoms with E-state index in [4.69, 9.17) is 0 Å². The summed E-state index contributed by atoms with van der Waals surface area (Å²) in [6, 6.07) is 14.5. The molecular weight excluding hydrogens is 407 g/mol. The Bertz CT molecular complexity index is 1280. The minimum absolute atomic E-state index is 0.0584. The number of nitro groups is 1. The van der Waals surface area contributed by atoms with Crippen LogP contribution in [0.2, 0.25) is 0 Å². The van der Waals surface area contributed by atoms with Crippen LogP contribution < -0.4 is 5.56 Å². The first-order chi connectivity index (χ1) is 14.4. The number of aromatic amines is 1. The highest BCUT2D eigenvalue weighted by Crippen LogP contribution is 2.31. The lowest BCUT2D eigenvalue weighted by atomic mass is 10.1. The van der Waals surface area contributed by atoms with Crippen molar-refractivity contribution in [3.63, 3.8) is 0 Å². The van der Waals surface area contributed by atoms with Crippen molar-refractivity contribution in [3.05, 3.63) is 92.3 Å². The molecule has 4 aromatic rings. The summed E-state index contributed by atoms with van der Waals surface area (Å²) in [6.45, 7) is 0.655. The average molecular weight is 424 g/mol. The van der Waals surface area contributed by atoms with Crippen molar-refractivity contribution < 1.29 is 9.31 Å². The molecule has 0 aliphatic carbocycles. The Morgan fingerprint density at radius 1 is 1.17 bits per heavy atom. The summed E-state index contributed by atoms with van der Waals surface area (Å²) in [5, 5.41) is 11.2. The molecule has 0 saturated carbocycles. The summed E-state index contributed by atoms with van der Waals surface area (Å²) in [5.41, 5.74) is 1.78. The number of hydrogen-bond acceptors (Lipinski definition) is 6. The number of nitrogens with zero attached hydrogens (tertiary/aromatic N) is 3. The first-order valence-electron chi connectivity index (χ1n) is 9.10. The Balaban J connectivity index is 1.58. The van der Waals surface area contributed by atoms with Crippen molar-refractivity contribution in [2.45, 2.75) is 13.1 Å². The highest BCUT2D eigenvalue weighted by atomic mass is 32.1. The second-order valence-electron chi connectivity index (χ2n) is 6.90. The number of nitro benzene ring substituents is 1. The van der Waals surface area contributed by atoms with Crippen LogP contribution in [0.25, 0.3) is 20.7 Å². The van der Waals surface area contributed by atoms with E-state index in [2.05, 4.69) is 9.97 Å². The molecule has 0 aliphatic heterocycles. The van der Waals surface area contributed by atoms with Crippen LogP contribution in [0.5, 0.6) is 0 Å². The topological polar surface area (TPSA) is 92.1 Å². The second kappa shape index (κ2) is 8.13. The zero-order chi connectivity index (χ0) is 21.3. The van der Waals surface area contributed by atoms with Gasteiger partial charge in [0.2, 0.25) is 0 Å². The van der Waals surface area contributed by atoms with Gasteiger partial charge < -0.3 is 4.98 Å². The van der Waals surface area contributed by atoms with E-state index < -0.39 is 4.92 Å². The number of H-pyrrole nitrogens is 1. The number of benzene rings is 2. The molecule has 0 radical (unpaired) electrons. The maximum atomic E-state index is 13.2. The molecular formula is C21H17FN4O3S. The van der Waals surface area contributed by atoms with E-state index in [0.717, 1.165) is 10.4 Å². The zero-order valence-electron chi connectivity index (χ0n) is 16.0. The van der Waals surface area contributed by atoms with Crippen LogP contribution in [-0.2, 0) is 13.1 Å². The molecule has 9 heteroatoms. The van der Waals surface area contributed by atoms with Crippen LogP contribution >= 0.6 is 11.3 Å². The summed E-state index contributed by atoms with van der Waals surface area (Å²) in [6.07, 6.45) is 0. The normalized spacial score (nSPS) is 11.3. The van der Waals surface area contributed by atoms with Crippen LogP contribution in [0.3, 0.4) is 0 Å². The van der Waals surface area contributed by atoms with Gasteiger partial charge in [0.25, 0.3) is 11.2 Å². The number of nitrogens with one attached hydrogen (secondary N) is 1. The van der Waals surface area contributed by atoms with Crippen LogP contribution in [0.1, 0.15) is 11.4 Å². The third-order valence-corrected chi connectivity index (χ3v) is 5.78. The van der Waals surface area contributed by atoms with Crippen molar-refractivity contribution in [2.75, 3.05) is 7.05 Å². The summed E-state index contributed by atoms with van der Waals surface area (Å²) in [5.74, 6) is 0.150. The molecule has 0 spiro atoms. The monoisotopic (exact) mass is 424 g/mol. The quantitative estimate of drug-likeness (QED) is 0.367. The molecule has 152 valence electrons. The van der Waals surface area contributed by atoms with Crippen LogP contribution in [0.4, 0.5) is 10.1 Å². The molecule has 4 rings (SSSR count). The zero-order valence-corrected chi connectivity index (χ0v) is 16.8. The average Bonchev–Trinajstić information content (AvgIpc) is 3.13. The van der Waals surface area contributed by atoms with Gasteiger partial charge in [-0.1, -0.05) is 30.3 Å². The van der Waals surface area contributed by atoms with Crippen molar-refractivity contribution in [3.8, 4) is 10.4 Å². The van der Waals surface area contributed by atoms with Crippen molar-refractivity contribution in [1.29, 1.82) is 0 Å². The Labute approximate surface area is 174 Å². The lowest BCUT2D eigenvalue weighted by Crippen LogP contribution is -2.21. The predicted molar refractivity (Wildman–Crippen MR) is 114 cm³/mol. The third-order valence-electron chi connectivity index (χ3n) is 4.61. The fraction of sp³-hybridized carbons (Fsp3) is 0.143. The van der Waals surface area contributed by atoms with E-state index in [1.54, 1.807) is 37.4 Å². The van der Waals surface area contributed by atoms with Gasteiger partial charge in [0.05, 0.1) is 17.0 Å². The van der Waals surface area contributed by atoms with Gasteiger partial charge >= 0.3 is 0 Å².